The first kappa shape index (κ1) is 19.2. The molecule has 0 aliphatic rings. The van der Waals surface area contributed by atoms with Gasteiger partial charge in [0.25, 0.3) is 0 Å². The van der Waals surface area contributed by atoms with E-state index in [1.165, 1.54) is 5.56 Å². The molecule has 3 rings (SSSR count). The lowest BCUT2D eigenvalue weighted by Crippen LogP contribution is -2.27. The smallest absolute Gasteiger partial charge is 0.119 e. The number of rotatable bonds is 7. The minimum absolute atomic E-state index is 0.0817. The third-order valence-corrected chi connectivity index (χ3v) is 6.32. The number of ether oxygens (including phenoxy) is 1. The molecule has 0 fully saturated rings. The second kappa shape index (κ2) is 8.87. The fraction of sp³-hybridized carbons (Fsp3) is 0.217. The summed E-state index contributed by atoms with van der Waals surface area (Å²) in [4.78, 5) is 0.852. The van der Waals surface area contributed by atoms with Crippen LogP contribution in [0.25, 0.3) is 0 Å². The molecule has 3 nitrogen and oxygen atoms in total. The Labute approximate surface area is 163 Å². The van der Waals surface area contributed by atoms with E-state index in [1.807, 2.05) is 80.6 Å². The average Bonchev–Trinajstić information content (AvgIpc) is 2.72. The molecule has 3 atom stereocenters. The first-order chi connectivity index (χ1) is 13.1. The number of methoxy groups -OCH3 is 1. The van der Waals surface area contributed by atoms with Crippen molar-refractivity contribution in [3.8, 4) is 5.75 Å². The van der Waals surface area contributed by atoms with E-state index in [0.29, 0.717) is 0 Å². The van der Waals surface area contributed by atoms with E-state index in [-0.39, 0.29) is 11.3 Å². The Morgan fingerprint density at radius 1 is 0.889 bits per heavy atom. The zero-order valence-corrected chi connectivity index (χ0v) is 16.7. The average molecular weight is 380 g/mol. The van der Waals surface area contributed by atoms with Crippen LogP contribution in [0.5, 0.6) is 5.75 Å². The molecular formula is C23H25NO2S. The topological polar surface area (TPSA) is 38.3 Å². The van der Waals surface area contributed by atoms with Gasteiger partial charge in [0.2, 0.25) is 0 Å². The van der Waals surface area contributed by atoms with Gasteiger partial charge in [-0.05, 0) is 55.8 Å². The lowest BCUT2D eigenvalue weighted by Gasteiger charge is -2.26. The Bertz CT molecular complexity index is 877. The summed E-state index contributed by atoms with van der Waals surface area (Å²) in [7, 11) is 0.521. The third kappa shape index (κ3) is 4.77. The highest BCUT2D eigenvalue weighted by atomic mass is 32.2. The number of benzene rings is 3. The molecule has 0 aromatic heterocycles. The van der Waals surface area contributed by atoms with Crippen LogP contribution in [0.4, 0.5) is 5.69 Å². The van der Waals surface area contributed by atoms with Crippen molar-refractivity contribution in [1.82, 2.24) is 0 Å². The molecule has 0 amide bonds. The van der Waals surface area contributed by atoms with Gasteiger partial charge in [-0.1, -0.05) is 48.0 Å². The largest absolute Gasteiger partial charge is 0.497 e. The molecule has 1 N–H and O–H groups in total. The molecule has 0 saturated carbocycles. The van der Waals surface area contributed by atoms with Crippen molar-refractivity contribution in [2.24, 2.45) is 0 Å². The van der Waals surface area contributed by atoms with E-state index in [0.717, 1.165) is 21.9 Å². The van der Waals surface area contributed by atoms with Crippen LogP contribution in [0.3, 0.4) is 0 Å². The molecule has 3 aromatic carbocycles. The summed E-state index contributed by atoms with van der Waals surface area (Å²) in [6, 6.07) is 25.8. The highest BCUT2D eigenvalue weighted by Crippen LogP contribution is 2.29. The fourth-order valence-corrected chi connectivity index (χ4v) is 4.32. The van der Waals surface area contributed by atoms with Crippen LogP contribution < -0.4 is 10.1 Å². The molecule has 27 heavy (non-hydrogen) atoms. The summed E-state index contributed by atoms with van der Waals surface area (Å²) >= 11 is 0. The van der Waals surface area contributed by atoms with Crippen LogP contribution in [0, 0.1) is 6.92 Å². The van der Waals surface area contributed by atoms with Crippen molar-refractivity contribution in [3.63, 3.8) is 0 Å². The Morgan fingerprint density at radius 3 is 2.11 bits per heavy atom. The third-order valence-electron chi connectivity index (χ3n) is 4.63. The Kier molecular flexibility index (Phi) is 6.30. The van der Waals surface area contributed by atoms with Gasteiger partial charge < -0.3 is 10.1 Å². The molecule has 4 heteroatoms. The van der Waals surface area contributed by atoms with Gasteiger partial charge in [0.1, 0.15) is 5.75 Å². The summed E-state index contributed by atoms with van der Waals surface area (Å²) in [5.41, 5.74) is 3.25. The second-order valence-electron chi connectivity index (χ2n) is 6.58. The summed E-state index contributed by atoms with van der Waals surface area (Å²) in [5, 5.41) is 3.45. The van der Waals surface area contributed by atoms with Gasteiger partial charge in [0.15, 0.2) is 0 Å². The lowest BCUT2D eigenvalue weighted by molar-refractivity contribution is 0.415. The molecule has 3 aromatic rings. The first-order valence-corrected chi connectivity index (χ1v) is 10.2. The predicted octanol–water partition coefficient (Wildman–Crippen LogP) is 5.35. The molecular weight excluding hydrogens is 354 g/mol. The number of hydrogen-bond donors (Lipinski definition) is 1. The zero-order valence-electron chi connectivity index (χ0n) is 15.9. The van der Waals surface area contributed by atoms with Crippen molar-refractivity contribution < 1.29 is 8.95 Å². The molecule has 1 unspecified atom stereocenters. The zero-order chi connectivity index (χ0) is 19.2. The van der Waals surface area contributed by atoms with E-state index in [2.05, 4.69) is 17.4 Å². The van der Waals surface area contributed by atoms with Gasteiger partial charge in [-0.15, -0.1) is 0 Å². The molecule has 0 bridgehead atoms. The van der Waals surface area contributed by atoms with Crippen LogP contribution in [-0.2, 0) is 10.8 Å². The quantitative estimate of drug-likeness (QED) is 0.601. The van der Waals surface area contributed by atoms with Crippen LogP contribution in [0.1, 0.15) is 24.1 Å². The van der Waals surface area contributed by atoms with Gasteiger partial charge in [-0.2, -0.15) is 0 Å². The normalized spacial score (nSPS) is 14.2. The van der Waals surface area contributed by atoms with Crippen LogP contribution >= 0.6 is 0 Å². The molecule has 140 valence electrons. The van der Waals surface area contributed by atoms with Crippen LogP contribution in [0.2, 0.25) is 0 Å². The lowest BCUT2D eigenvalue weighted by atomic mass is 10.0. The monoisotopic (exact) mass is 379 g/mol. The number of anilines is 1. The standard InChI is InChI=1S/C23H25NO2S/c1-17-9-15-22(16-10-17)27(25)18(2)23(19-7-5-4-6-8-19)24-20-11-13-21(26-3)14-12-20/h4-16,18,23-24H,1-3H3/t18-,23+,27?/m1/s1. The second-order valence-corrected chi connectivity index (χ2v) is 8.39. The van der Waals surface area contributed by atoms with E-state index >= 15 is 0 Å². The summed E-state index contributed by atoms with van der Waals surface area (Å²) in [6.07, 6.45) is 0. The summed E-state index contributed by atoms with van der Waals surface area (Å²) in [6.45, 7) is 4.07. The van der Waals surface area contributed by atoms with Gasteiger partial charge in [-0.25, -0.2) is 0 Å². The highest BCUT2D eigenvalue weighted by molar-refractivity contribution is 7.85. The van der Waals surface area contributed by atoms with E-state index in [4.69, 9.17) is 4.74 Å². The summed E-state index contributed by atoms with van der Waals surface area (Å²) in [5.74, 6) is 0.813. The van der Waals surface area contributed by atoms with Gasteiger partial charge in [0.05, 0.1) is 29.2 Å². The maximum Gasteiger partial charge on any atom is 0.119 e. The van der Waals surface area contributed by atoms with Crippen LogP contribution in [0.15, 0.2) is 83.8 Å². The molecule has 0 radical (unpaired) electrons. The number of aryl methyl sites for hydroxylation is 1. The highest BCUT2D eigenvalue weighted by Gasteiger charge is 2.25. The van der Waals surface area contributed by atoms with E-state index < -0.39 is 10.8 Å². The first-order valence-electron chi connectivity index (χ1n) is 9.01. The minimum Gasteiger partial charge on any atom is -0.497 e. The number of hydrogen-bond acceptors (Lipinski definition) is 3. The Hall–Kier alpha value is -2.59. The maximum atomic E-state index is 13.2. The predicted molar refractivity (Wildman–Crippen MR) is 113 cm³/mol. The summed E-state index contributed by atoms with van der Waals surface area (Å²) < 4.78 is 18.4. The Balaban J connectivity index is 1.88. The molecule has 0 aliphatic carbocycles. The van der Waals surface area contributed by atoms with Gasteiger partial charge in [-0.3, -0.25) is 4.21 Å². The van der Waals surface area contributed by atoms with Gasteiger partial charge >= 0.3 is 0 Å². The molecule has 0 saturated heterocycles. The van der Waals surface area contributed by atoms with E-state index in [9.17, 15) is 4.21 Å². The van der Waals surface area contributed by atoms with Crippen LogP contribution in [-0.4, -0.2) is 16.6 Å². The molecule has 0 heterocycles. The van der Waals surface area contributed by atoms with Crippen molar-refractivity contribution in [2.45, 2.75) is 30.0 Å². The van der Waals surface area contributed by atoms with Crippen molar-refractivity contribution >= 4 is 16.5 Å². The Morgan fingerprint density at radius 2 is 1.52 bits per heavy atom. The van der Waals surface area contributed by atoms with Crippen molar-refractivity contribution in [2.75, 3.05) is 12.4 Å². The molecule has 0 spiro atoms. The van der Waals surface area contributed by atoms with Gasteiger partial charge in [0, 0.05) is 10.6 Å². The fourth-order valence-electron chi connectivity index (χ4n) is 3.01. The number of nitrogens with one attached hydrogen (secondary N) is 1. The van der Waals surface area contributed by atoms with E-state index in [1.54, 1.807) is 7.11 Å². The maximum absolute atomic E-state index is 13.2. The van der Waals surface area contributed by atoms with Crippen molar-refractivity contribution in [1.29, 1.82) is 0 Å². The minimum atomic E-state index is -1.13. The molecule has 0 aliphatic heterocycles. The SMILES string of the molecule is COc1ccc(N[C@H](c2ccccc2)[C@@H](C)S(=O)c2ccc(C)cc2)cc1. The van der Waals surface area contributed by atoms with Crippen molar-refractivity contribution in [3.05, 3.63) is 90.0 Å².